The molecular formula is C24H20N2. The molecular weight excluding hydrogens is 316 g/mol. The summed E-state index contributed by atoms with van der Waals surface area (Å²) in [4.78, 5) is 0. The molecule has 0 saturated carbocycles. The van der Waals surface area contributed by atoms with E-state index in [1.54, 1.807) is 0 Å². The smallest absolute Gasteiger partial charge is 0.0541 e. The fourth-order valence-corrected chi connectivity index (χ4v) is 3.50. The maximum Gasteiger partial charge on any atom is 0.0541 e. The highest BCUT2D eigenvalue weighted by molar-refractivity contribution is 5.97. The van der Waals surface area contributed by atoms with Gasteiger partial charge in [-0.2, -0.15) is 0 Å². The predicted molar refractivity (Wildman–Crippen MR) is 113 cm³/mol. The van der Waals surface area contributed by atoms with Gasteiger partial charge in [-0.05, 0) is 53.6 Å². The first-order chi connectivity index (χ1) is 12.7. The second kappa shape index (κ2) is 6.41. The van der Waals surface area contributed by atoms with Crippen LogP contribution in [0.5, 0.6) is 0 Å². The van der Waals surface area contributed by atoms with Crippen LogP contribution in [0.4, 0.5) is 5.69 Å². The molecule has 126 valence electrons. The summed E-state index contributed by atoms with van der Waals surface area (Å²) in [7, 11) is 0. The van der Waals surface area contributed by atoms with Crippen molar-refractivity contribution in [2.24, 2.45) is 0 Å². The van der Waals surface area contributed by atoms with E-state index in [2.05, 4.69) is 54.1 Å². The minimum atomic E-state index is 0.764. The summed E-state index contributed by atoms with van der Waals surface area (Å²) in [6.45, 7) is 8.06. The lowest BCUT2D eigenvalue weighted by Crippen LogP contribution is -1.96. The monoisotopic (exact) mass is 336 g/mol. The van der Waals surface area contributed by atoms with Crippen LogP contribution in [0.2, 0.25) is 0 Å². The molecule has 0 spiro atoms. The lowest BCUT2D eigenvalue weighted by Gasteiger charge is -2.09. The predicted octanol–water partition coefficient (Wildman–Crippen LogP) is 6.17. The first-order valence-corrected chi connectivity index (χ1v) is 8.57. The number of aromatic nitrogens is 1. The number of anilines is 1. The molecule has 0 amide bonds. The summed E-state index contributed by atoms with van der Waals surface area (Å²) in [5, 5.41) is 1.15. The molecule has 2 N–H and O–H groups in total. The van der Waals surface area contributed by atoms with E-state index in [0.717, 1.165) is 44.7 Å². The van der Waals surface area contributed by atoms with Crippen LogP contribution in [0, 0.1) is 0 Å². The van der Waals surface area contributed by atoms with Gasteiger partial charge in [0.1, 0.15) is 0 Å². The van der Waals surface area contributed by atoms with Gasteiger partial charge in [-0.1, -0.05) is 55.6 Å². The van der Waals surface area contributed by atoms with Crippen molar-refractivity contribution in [2.75, 3.05) is 5.73 Å². The number of nitrogen functional groups attached to an aromatic ring is 1. The summed E-state index contributed by atoms with van der Waals surface area (Å²) in [6, 6.07) is 24.8. The van der Waals surface area contributed by atoms with Gasteiger partial charge in [-0.3, -0.25) is 0 Å². The lowest BCUT2D eigenvalue weighted by molar-refractivity contribution is 1.11. The van der Waals surface area contributed by atoms with E-state index in [9.17, 15) is 0 Å². The Bertz CT molecular complexity index is 1120. The molecule has 26 heavy (non-hydrogen) atoms. The molecule has 2 nitrogen and oxygen atoms in total. The number of rotatable bonds is 4. The van der Waals surface area contributed by atoms with Crippen LogP contribution in [0.1, 0.15) is 11.3 Å². The zero-order valence-electron chi connectivity index (χ0n) is 14.5. The fourth-order valence-electron chi connectivity index (χ4n) is 3.50. The van der Waals surface area contributed by atoms with Gasteiger partial charge in [-0.15, -0.1) is 0 Å². The van der Waals surface area contributed by atoms with Crippen LogP contribution in [-0.2, 0) is 0 Å². The zero-order chi connectivity index (χ0) is 18.1. The van der Waals surface area contributed by atoms with Crippen molar-refractivity contribution >= 4 is 28.7 Å². The number of nitrogens with two attached hydrogens (primary N) is 1. The van der Waals surface area contributed by atoms with Crippen molar-refractivity contribution < 1.29 is 0 Å². The Kier molecular flexibility index (Phi) is 3.94. The van der Waals surface area contributed by atoms with Gasteiger partial charge in [0.2, 0.25) is 0 Å². The molecule has 1 aromatic heterocycles. The average molecular weight is 336 g/mol. The fraction of sp³-hybridized carbons (Fsp3) is 0. The van der Waals surface area contributed by atoms with Gasteiger partial charge in [0, 0.05) is 22.3 Å². The molecule has 4 rings (SSSR count). The molecule has 0 aliphatic heterocycles. The largest absolute Gasteiger partial charge is 0.399 e. The van der Waals surface area contributed by atoms with Gasteiger partial charge in [0.25, 0.3) is 0 Å². The number of fused-ring (bicyclic) bond motifs is 1. The van der Waals surface area contributed by atoms with Crippen LogP contribution in [0.3, 0.4) is 0 Å². The van der Waals surface area contributed by atoms with E-state index < -0.39 is 0 Å². The second-order valence-electron chi connectivity index (χ2n) is 6.24. The van der Waals surface area contributed by atoms with Gasteiger partial charge >= 0.3 is 0 Å². The van der Waals surface area contributed by atoms with Crippen molar-refractivity contribution in [3.05, 3.63) is 97.2 Å². The maximum absolute atomic E-state index is 5.96. The Hall–Kier alpha value is -3.52. The summed E-state index contributed by atoms with van der Waals surface area (Å²) >= 11 is 0. The molecule has 0 saturated heterocycles. The second-order valence-corrected chi connectivity index (χ2v) is 6.24. The van der Waals surface area contributed by atoms with E-state index in [-0.39, 0.29) is 0 Å². The number of hydrogen-bond acceptors (Lipinski definition) is 1. The number of para-hydroxylation sites is 1. The Labute approximate surface area is 153 Å². The number of hydrogen-bond donors (Lipinski definition) is 1. The molecule has 0 aliphatic carbocycles. The topological polar surface area (TPSA) is 30.9 Å². The first-order valence-electron chi connectivity index (χ1n) is 8.57. The van der Waals surface area contributed by atoms with Gasteiger partial charge in [-0.25, -0.2) is 0 Å². The molecule has 1 heterocycles. The molecule has 0 atom stereocenters. The Morgan fingerprint density at radius 1 is 0.769 bits per heavy atom. The highest BCUT2D eigenvalue weighted by Crippen LogP contribution is 2.34. The molecule has 3 aromatic carbocycles. The number of nitrogens with zero attached hydrogens (tertiary/aromatic N) is 1. The van der Waals surface area contributed by atoms with Crippen LogP contribution in [0.25, 0.3) is 39.9 Å². The van der Waals surface area contributed by atoms with E-state index in [1.165, 1.54) is 0 Å². The van der Waals surface area contributed by atoms with E-state index in [1.807, 2.05) is 48.6 Å². The van der Waals surface area contributed by atoms with Crippen molar-refractivity contribution in [1.82, 2.24) is 4.57 Å². The minimum absolute atomic E-state index is 0.764. The van der Waals surface area contributed by atoms with E-state index in [4.69, 9.17) is 5.73 Å². The van der Waals surface area contributed by atoms with Gasteiger partial charge in [0.15, 0.2) is 0 Å². The zero-order valence-corrected chi connectivity index (χ0v) is 14.5. The Morgan fingerprint density at radius 3 is 2.23 bits per heavy atom. The first kappa shape index (κ1) is 16.0. The average Bonchev–Trinajstić information content (AvgIpc) is 3.01. The molecule has 4 aromatic rings. The van der Waals surface area contributed by atoms with Crippen molar-refractivity contribution in [1.29, 1.82) is 0 Å². The molecule has 2 heteroatoms. The van der Waals surface area contributed by atoms with Crippen LogP contribution >= 0.6 is 0 Å². The summed E-state index contributed by atoms with van der Waals surface area (Å²) in [5.74, 6) is 0. The molecule has 0 bridgehead atoms. The van der Waals surface area contributed by atoms with E-state index >= 15 is 0 Å². The van der Waals surface area contributed by atoms with E-state index in [0.29, 0.717) is 0 Å². The molecule has 0 aliphatic rings. The highest BCUT2D eigenvalue weighted by atomic mass is 15.0. The minimum Gasteiger partial charge on any atom is -0.399 e. The summed E-state index contributed by atoms with van der Waals surface area (Å²) < 4.78 is 2.22. The number of benzene rings is 3. The Balaban J connectivity index is 2.03. The summed E-state index contributed by atoms with van der Waals surface area (Å²) in [5.41, 5.74) is 13.3. The summed E-state index contributed by atoms with van der Waals surface area (Å²) in [6.07, 6.45) is 3.80. The van der Waals surface area contributed by atoms with Crippen molar-refractivity contribution in [3.8, 4) is 16.8 Å². The van der Waals surface area contributed by atoms with Gasteiger partial charge < -0.3 is 10.3 Å². The molecule has 0 fully saturated rings. The third-order valence-corrected chi connectivity index (χ3v) is 4.68. The third-order valence-electron chi connectivity index (χ3n) is 4.68. The third kappa shape index (κ3) is 2.52. The van der Waals surface area contributed by atoms with Crippen LogP contribution in [-0.4, -0.2) is 4.57 Å². The SMILES string of the molecule is C=Cc1c(C=C)n(-c2ccccc2)c2ccc(-c3cccc(N)c3)cc12. The molecule has 0 unspecified atom stereocenters. The van der Waals surface area contributed by atoms with Crippen LogP contribution in [0.15, 0.2) is 86.0 Å². The van der Waals surface area contributed by atoms with Gasteiger partial charge in [0.05, 0.1) is 11.2 Å². The quantitative estimate of drug-likeness (QED) is 0.444. The molecule has 0 radical (unpaired) electrons. The standard InChI is InChI=1S/C24H20N2/c1-3-21-22-16-18(17-9-8-10-19(25)15-17)13-14-24(22)26(23(21)4-2)20-11-6-5-7-12-20/h3-16H,1-2,25H2. The Morgan fingerprint density at radius 2 is 1.54 bits per heavy atom. The lowest BCUT2D eigenvalue weighted by atomic mass is 10.0. The maximum atomic E-state index is 5.96. The van der Waals surface area contributed by atoms with Crippen LogP contribution < -0.4 is 5.73 Å². The highest BCUT2D eigenvalue weighted by Gasteiger charge is 2.15. The normalized spacial score (nSPS) is 10.8. The van der Waals surface area contributed by atoms with Crippen molar-refractivity contribution in [2.45, 2.75) is 0 Å². The van der Waals surface area contributed by atoms with Crippen molar-refractivity contribution in [3.63, 3.8) is 0 Å².